The van der Waals surface area contributed by atoms with E-state index < -0.39 is 10.0 Å². The van der Waals surface area contributed by atoms with E-state index in [1.54, 1.807) is 31.3 Å². The fourth-order valence-electron chi connectivity index (χ4n) is 2.59. The van der Waals surface area contributed by atoms with Crippen LogP contribution in [0.5, 0.6) is 0 Å². The molecule has 110 valence electrons. The summed E-state index contributed by atoms with van der Waals surface area (Å²) in [5.74, 6) is 0. The average molecular weight is 312 g/mol. The molecule has 0 aliphatic heterocycles. The molecule has 1 aliphatic rings. The van der Waals surface area contributed by atoms with Crippen LogP contribution in [-0.2, 0) is 10.0 Å². The first kappa shape index (κ1) is 15.3. The van der Waals surface area contributed by atoms with Crippen LogP contribution in [0.4, 0.5) is 5.69 Å². The third-order valence-corrected chi connectivity index (χ3v) is 6.37. The molecule has 1 aromatic rings. The highest BCUT2D eigenvalue weighted by Crippen LogP contribution is 2.28. The first-order valence-electron chi connectivity index (χ1n) is 6.80. The summed E-state index contributed by atoms with van der Waals surface area (Å²) in [4.78, 5) is 0.273. The minimum Gasteiger partial charge on any atom is -0.389 e. The van der Waals surface area contributed by atoms with E-state index in [4.69, 9.17) is 18.0 Å². The molecule has 0 aromatic heterocycles. The van der Waals surface area contributed by atoms with Gasteiger partial charge in [0.15, 0.2) is 0 Å². The van der Waals surface area contributed by atoms with Crippen molar-refractivity contribution in [1.29, 1.82) is 0 Å². The molecule has 0 bridgehead atoms. The molecule has 0 unspecified atom stereocenters. The fourth-order valence-corrected chi connectivity index (χ4v) is 4.50. The maximum Gasteiger partial charge on any atom is 0.237 e. The minimum absolute atomic E-state index is 0.269. The van der Waals surface area contributed by atoms with Gasteiger partial charge in [-0.15, -0.1) is 0 Å². The quantitative estimate of drug-likeness (QED) is 0.867. The van der Waals surface area contributed by atoms with Crippen LogP contribution in [0.25, 0.3) is 0 Å². The van der Waals surface area contributed by atoms with Crippen LogP contribution in [0, 0.1) is 0 Å². The molecule has 0 atom stereocenters. The van der Waals surface area contributed by atoms with Crippen LogP contribution >= 0.6 is 12.2 Å². The van der Waals surface area contributed by atoms with Gasteiger partial charge in [-0.3, -0.25) is 4.31 Å². The van der Waals surface area contributed by atoms with Crippen molar-refractivity contribution in [2.45, 2.75) is 37.4 Å². The summed E-state index contributed by atoms with van der Waals surface area (Å²) < 4.78 is 26.6. The van der Waals surface area contributed by atoms with Gasteiger partial charge in [-0.1, -0.05) is 43.6 Å². The van der Waals surface area contributed by atoms with Crippen LogP contribution in [0.2, 0.25) is 0 Å². The molecule has 2 rings (SSSR count). The number of hydrogen-bond donors (Lipinski definition) is 1. The van der Waals surface area contributed by atoms with Crippen LogP contribution in [0.3, 0.4) is 0 Å². The van der Waals surface area contributed by atoms with Gasteiger partial charge in [0.05, 0.1) is 10.9 Å². The summed E-state index contributed by atoms with van der Waals surface area (Å²) in [5.41, 5.74) is 6.89. The summed E-state index contributed by atoms with van der Waals surface area (Å²) in [5, 5.41) is -0.269. The van der Waals surface area contributed by atoms with E-state index in [0.717, 1.165) is 32.1 Å². The highest BCUT2D eigenvalue weighted by Gasteiger charge is 2.31. The molecule has 0 heterocycles. The van der Waals surface area contributed by atoms with Crippen molar-refractivity contribution < 1.29 is 8.42 Å². The molecule has 0 amide bonds. The van der Waals surface area contributed by atoms with Crippen LogP contribution < -0.4 is 10.0 Å². The number of benzene rings is 1. The van der Waals surface area contributed by atoms with Crippen molar-refractivity contribution in [2.24, 2.45) is 5.73 Å². The molecule has 6 heteroatoms. The van der Waals surface area contributed by atoms with E-state index in [0.29, 0.717) is 11.3 Å². The third kappa shape index (κ3) is 3.12. The molecule has 0 saturated heterocycles. The van der Waals surface area contributed by atoms with Crippen molar-refractivity contribution in [3.8, 4) is 0 Å². The lowest BCUT2D eigenvalue weighted by atomic mass is 10.0. The van der Waals surface area contributed by atoms with Gasteiger partial charge in [-0.2, -0.15) is 0 Å². The molecular formula is C14H20N2O2S2. The Morgan fingerprint density at radius 1 is 1.30 bits per heavy atom. The van der Waals surface area contributed by atoms with Crippen molar-refractivity contribution >= 4 is 32.9 Å². The van der Waals surface area contributed by atoms with Gasteiger partial charge in [0.2, 0.25) is 10.0 Å². The van der Waals surface area contributed by atoms with Crippen LogP contribution in [0.1, 0.15) is 37.7 Å². The maximum absolute atomic E-state index is 12.6. The largest absolute Gasteiger partial charge is 0.389 e. The van der Waals surface area contributed by atoms with E-state index in [1.165, 1.54) is 4.31 Å². The number of rotatable bonds is 4. The van der Waals surface area contributed by atoms with Gasteiger partial charge in [0.25, 0.3) is 0 Å². The zero-order valence-corrected chi connectivity index (χ0v) is 13.2. The Hall–Kier alpha value is -1.14. The molecule has 1 aliphatic carbocycles. The molecule has 2 N–H and O–H groups in total. The standard InChI is InChI=1S/C14H20N2O2S2/c1-16(12-7-5-6-11(10-12)14(15)19)20(17,18)13-8-3-2-4-9-13/h5-7,10,13H,2-4,8-9H2,1H3,(H2,15,19). The minimum atomic E-state index is -3.31. The Morgan fingerprint density at radius 2 is 1.95 bits per heavy atom. The molecule has 1 aromatic carbocycles. The lowest BCUT2D eigenvalue weighted by molar-refractivity contribution is 0.483. The number of anilines is 1. The fraction of sp³-hybridized carbons (Fsp3) is 0.500. The molecule has 0 radical (unpaired) electrons. The van der Waals surface area contributed by atoms with E-state index in [1.807, 2.05) is 0 Å². The first-order valence-corrected chi connectivity index (χ1v) is 8.71. The van der Waals surface area contributed by atoms with Gasteiger partial charge < -0.3 is 5.73 Å². The zero-order valence-electron chi connectivity index (χ0n) is 11.6. The normalized spacial score (nSPS) is 16.9. The second-order valence-corrected chi connectivity index (χ2v) is 7.87. The summed E-state index contributed by atoms with van der Waals surface area (Å²) in [6.45, 7) is 0. The maximum atomic E-state index is 12.6. The summed E-state index contributed by atoms with van der Waals surface area (Å²) in [6.07, 6.45) is 4.62. The van der Waals surface area contributed by atoms with E-state index in [-0.39, 0.29) is 10.2 Å². The van der Waals surface area contributed by atoms with E-state index >= 15 is 0 Å². The zero-order chi connectivity index (χ0) is 14.8. The predicted octanol–water partition coefficient (Wildman–Crippen LogP) is 2.42. The molecule has 0 spiro atoms. The second kappa shape index (κ2) is 6.10. The molecule has 1 fully saturated rings. The number of hydrogen-bond acceptors (Lipinski definition) is 3. The predicted molar refractivity (Wildman–Crippen MR) is 86.5 cm³/mol. The number of nitrogens with two attached hydrogens (primary N) is 1. The Balaban J connectivity index is 2.27. The first-order chi connectivity index (χ1) is 9.43. The lowest BCUT2D eigenvalue weighted by Gasteiger charge is -2.28. The van der Waals surface area contributed by atoms with Crippen LogP contribution in [0.15, 0.2) is 24.3 Å². The van der Waals surface area contributed by atoms with Crippen molar-refractivity contribution in [1.82, 2.24) is 0 Å². The Kier molecular flexibility index (Phi) is 4.65. The van der Waals surface area contributed by atoms with Gasteiger partial charge in [0, 0.05) is 12.6 Å². The number of nitrogens with zero attached hydrogens (tertiary/aromatic N) is 1. The SMILES string of the molecule is CN(c1cccc(C(N)=S)c1)S(=O)(=O)C1CCCCC1. The van der Waals surface area contributed by atoms with Crippen molar-refractivity contribution in [3.05, 3.63) is 29.8 Å². The van der Waals surface area contributed by atoms with Crippen molar-refractivity contribution in [3.63, 3.8) is 0 Å². The molecule has 20 heavy (non-hydrogen) atoms. The van der Waals surface area contributed by atoms with E-state index in [9.17, 15) is 8.42 Å². The molecular weight excluding hydrogens is 292 g/mol. The summed E-state index contributed by atoms with van der Waals surface area (Å²) in [6, 6.07) is 7.05. The van der Waals surface area contributed by atoms with Gasteiger partial charge in [-0.05, 0) is 25.0 Å². The smallest absolute Gasteiger partial charge is 0.237 e. The number of sulfonamides is 1. The van der Waals surface area contributed by atoms with Gasteiger partial charge in [-0.25, -0.2) is 8.42 Å². The molecule has 4 nitrogen and oxygen atoms in total. The Morgan fingerprint density at radius 3 is 2.55 bits per heavy atom. The average Bonchev–Trinajstić information content (AvgIpc) is 2.47. The summed E-state index contributed by atoms with van der Waals surface area (Å²) in [7, 11) is -1.71. The molecule has 1 saturated carbocycles. The Labute approximate surface area is 126 Å². The topological polar surface area (TPSA) is 63.4 Å². The highest BCUT2D eigenvalue weighted by atomic mass is 32.2. The van der Waals surface area contributed by atoms with Gasteiger partial charge in [0.1, 0.15) is 4.99 Å². The van der Waals surface area contributed by atoms with Crippen molar-refractivity contribution in [2.75, 3.05) is 11.4 Å². The van der Waals surface area contributed by atoms with E-state index in [2.05, 4.69) is 0 Å². The lowest BCUT2D eigenvalue weighted by Crippen LogP contribution is -2.37. The summed E-state index contributed by atoms with van der Waals surface area (Å²) >= 11 is 4.94. The monoisotopic (exact) mass is 312 g/mol. The number of thiocarbonyl (C=S) groups is 1. The Bertz CT molecular complexity index is 593. The second-order valence-electron chi connectivity index (χ2n) is 5.19. The van der Waals surface area contributed by atoms with Gasteiger partial charge >= 0.3 is 0 Å². The van der Waals surface area contributed by atoms with Crippen LogP contribution in [-0.4, -0.2) is 25.7 Å². The highest BCUT2D eigenvalue weighted by molar-refractivity contribution is 7.93. The third-order valence-electron chi connectivity index (χ3n) is 3.85.